The number of alkyl carbamates (subject to hydrolysis) is 1. The molecular formula is C24H38N6O8S. The van der Waals surface area contributed by atoms with E-state index in [9.17, 15) is 28.8 Å². The van der Waals surface area contributed by atoms with Crippen LogP contribution in [0.2, 0.25) is 0 Å². The van der Waals surface area contributed by atoms with Crippen LogP contribution in [0.25, 0.3) is 0 Å². The zero-order chi connectivity index (χ0) is 30.0. The van der Waals surface area contributed by atoms with Gasteiger partial charge in [0.25, 0.3) is 0 Å². The van der Waals surface area contributed by atoms with E-state index >= 15 is 0 Å². The molecule has 2 unspecified atom stereocenters. The second-order valence-electron chi connectivity index (χ2n) is 10.5. The number of amides is 4. The van der Waals surface area contributed by atoms with Crippen LogP contribution in [-0.4, -0.2) is 80.2 Å². The molecule has 0 aromatic carbocycles. The van der Waals surface area contributed by atoms with Crippen molar-refractivity contribution in [1.29, 1.82) is 0 Å². The van der Waals surface area contributed by atoms with Crippen LogP contribution in [0.15, 0.2) is 12.5 Å². The summed E-state index contributed by atoms with van der Waals surface area (Å²) in [6, 6.07) is -2.27. The molecule has 0 aliphatic carbocycles. The highest BCUT2D eigenvalue weighted by Crippen LogP contribution is 2.15. The van der Waals surface area contributed by atoms with E-state index in [1.165, 1.54) is 19.4 Å². The number of aromatic nitrogens is 2. The third-order valence-electron chi connectivity index (χ3n) is 4.47. The zero-order valence-corrected chi connectivity index (χ0v) is 24.1. The van der Waals surface area contributed by atoms with Crippen molar-refractivity contribution in [1.82, 2.24) is 25.5 Å². The first-order valence-corrected chi connectivity index (χ1v) is 13.1. The predicted molar refractivity (Wildman–Crippen MR) is 143 cm³/mol. The summed E-state index contributed by atoms with van der Waals surface area (Å²) in [5, 5.41) is 6.84. The Morgan fingerprint density at radius 2 is 1.62 bits per heavy atom. The summed E-state index contributed by atoms with van der Waals surface area (Å²) in [6.07, 6.45) is 0.850. The maximum Gasteiger partial charge on any atom is 0.420 e. The molecule has 0 aliphatic rings. The minimum Gasteiger partial charge on any atom is -0.444 e. The Bertz CT molecular complexity index is 1060. The molecule has 1 aromatic rings. The number of nitrogens with one attached hydrogen (secondary N) is 3. The van der Waals surface area contributed by atoms with Crippen LogP contribution in [-0.2, 0) is 35.1 Å². The van der Waals surface area contributed by atoms with Crippen LogP contribution in [0.1, 0.15) is 60.6 Å². The summed E-state index contributed by atoms with van der Waals surface area (Å²) >= 11 is 0.681. The lowest BCUT2D eigenvalue weighted by Gasteiger charge is -2.22. The topological polar surface area (TPSA) is 201 Å². The van der Waals surface area contributed by atoms with Gasteiger partial charge in [0.05, 0.1) is 5.69 Å². The third-order valence-corrected chi connectivity index (χ3v) is 5.54. The van der Waals surface area contributed by atoms with E-state index in [1.54, 1.807) is 41.5 Å². The molecule has 14 nitrogen and oxygen atoms in total. The molecule has 0 spiro atoms. The Balaban J connectivity index is 3.00. The molecule has 0 fully saturated rings. The lowest BCUT2D eigenvalue weighted by molar-refractivity contribution is -0.125. The molecule has 1 heterocycles. The van der Waals surface area contributed by atoms with Gasteiger partial charge < -0.3 is 31.2 Å². The first-order valence-electron chi connectivity index (χ1n) is 12.1. The van der Waals surface area contributed by atoms with E-state index in [2.05, 4.69) is 20.9 Å². The van der Waals surface area contributed by atoms with Crippen LogP contribution in [0.5, 0.6) is 0 Å². The smallest absolute Gasteiger partial charge is 0.420 e. The normalized spacial score (nSPS) is 13.0. The van der Waals surface area contributed by atoms with Gasteiger partial charge in [0.2, 0.25) is 22.8 Å². The number of rotatable bonds is 11. The number of hydrogen-bond acceptors (Lipinski definition) is 10. The minimum atomic E-state index is -1.16. The van der Waals surface area contributed by atoms with Crippen molar-refractivity contribution in [3.8, 4) is 0 Å². The van der Waals surface area contributed by atoms with Crippen molar-refractivity contribution in [2.24, 2.45) is 5.73 Å². The second-order valence-corrected chi connectivity index (χ2v) is 11.5. The molecule has 15 heteroatoms. The minimum absolute atomic E-state index is 0.0586. The molecule has 218 valence electrons. The van der Waals surface area contributed by atoms with Gasteiger partial charge in [-0.3, -0.25) is 19.2 Å². The summed E-state index contributed by atoms with van der Waals surface area (Å²) in [5.74, 6) is -2.08. The fraction of sp³-hybridized carbons (Fsp3) is 0.625. The van der Waals surface area contributed by atoms with Crippen LogP contribution >= 0.6 is 11.8 Å². The van der Waals surface area contributed by atoms with Gasteiger partial charge in [0.15, 0.2) is 0 Å². The molecule has 4 amide bonds. The van der Waals surface area contributed by atoms with Gasteiger partial charge in [-0.25, -0.2) is 19.1 Å². The van der Waals surface area contributed by atoms with Crippen molar-refractivity contribution >= 4 is 46.8 Å². The van der Waals surface area contributed by atoms with Gasteiger partial charge in [-0.2, -0.15) is 0 Å². The lowest BCUT2D eigenvalue weighted by atomic mass is 10.1. The van der Waals surface area contributed by atoms with Crippen molar-refractivity contribution in [2.45, 2.75) is 84.6 Å². The predicted octanol–water partition coefficient (Wildman–Crippen LogP) is 0.858. The monoisotopic (exact) mass is 570 g/mol. The van der Waals surface area contributed by atoms with Crippen molar-refractivity contribution in [2.75, 3.05) is 12.3 Å². The van der Waals surface area contributed by atoms with E-state index in [0.717, 1.165) is 4.57 Å². The summed E-state index contributed by atoms with van der Waals surface area (Å²) in [5.41, 5.74) is 4.09. The second kappa shape index (κ2) is 14.5. The van der Waals surface area contributed by atoms with Crippen LogP contribution in [0, 0.1) is 0 Å². The van der Waals surface area contributed by atoms with Gasteiger partial charge in [0.1, 0.15) is 29.6 Å². The number of nitrogens with zero attached hydrogens (tertiary/aromatic N) is 2. The quantitative estimate of drug-likeness (QED) is 0.296. The highest BCUT2D eigenvalue weighted by molar-refractivity contribution is 8.13. The Hall–Kier alpha value is -3.62. The molecule has 2 atom stereocenters. The van der Waals surface area contributed by atoms with Gasteiger partial charge in [-0.15, -0.1) is 0 Å². The molecule has 1 aromatic heterocycles. The molecule has 39 heavy (non-hydrogen) atoms. The summed E-state index contributed by atoms with van der Waals surface area (Å²) in [7, 11) is 0. The van der Waals surface area contributed by atoms with E-state index in [4.69, 9.17) is 15.2 Å². The summed E-state index contributed by atoms with van der Waals surface area (Å²) in [4.78, 5) is 77.1. The molecule has 5 N–H and O–H groups in total. The first-order chi connectivity index (χ1) is 17.9. The van der Waals surface area contributed by atoms with E-state index in [-0.39, 0.29) is 30.8 Å². The Labute approximate surface area is 231 Å². The summed E-state index contributed by atoms with van der Waals surface area (Å²) in [6.45, 7) is 11.3. The average molecular weight is 571 g/mol. The van der Waals surface area contributed by atoms with Crippen molar-refractivity contribution < 1.29 is 38.2 Å². The number of carbonyl (C=O) groups excluding carboxylic acids is 6. The highest BCUT2D eigenvalue weighted by atomic mass is 32.2. The average Bonchev–Trinajstić information content (AvgIpc) is 3.21. The van der Waals surface area contributed by atoms with Crippen LogP contribution < -0.4 is 21.7 Å². The number of thioether (sulfide) groups is 1. The maximum atomic E-state index is 13.1. The van der Waals surface area contributed by atoms with Crippen LogP contribution in [0.3, 0.4) is 0 Å². The molecule has 0 radical (unpaired) electrons. The first kappa shape index (κ1) is 33.4. The molecule has 0 bridgehead atoms. The van der Waals surface area contributed by atoms with E-state index < -0.39 is 58.3 Å². The number of nitrogens with two attached hydrogens (primary N) is 1. The number of carbonyl (C=O) groups is 6. The fourth-order valence-electron chi connectivity index (χ4n) is 2.92. The standard InChI is InChI=1S/C24H38N6O8S/c1-14(31)28-17(19(25)33)12-39-20(34)16(29-18(32)8-9-27-21(35)37-23(2,3)4)10-15-11-26-13-30(15)22(36)38-24(5,6)7/h11,13,16-17H,8-10,12H2,1-7H3,(H2,25,33)(H,27,35)(H,28,31)(H,29,32). The molecule has 0 aliphatic heterocycles. The Morgan fingerprint density at radius 1 is 1.00 bits per heavy atom. The SMILES string of the molecule is CC(=O)NC(CSC(=O)C(Cc1cncn1C(=O)OC(C)(C)C)NC(=O)CCNC(=O)OC(C)(C)C)C(N)=O. The maximum absolute atomic E-state index is 13.1. The van der Waals surface area contributed by atoms with E-state index in [0.29, 0.717) is 11.8 Å². The zero-order valence-electron chi connectivity index (χ0n) is 23.3. The van der Waals surface area contributed by atoms with Gasteiger partial charge >= 0.3 is 12.2 Å². The number of hydrogen-bond donors (Lipinski definition) is 4. The molecule has 1 rings (SSSR count). The number of ether oxygens (including phenoxy) is 2. The van der Waals surface area contributed by atoms with Gasteiger partial charge in [-0.05, 0) is 41.5 Å². The Kier molecular flexibility index (Phi) is 12.4. The fourth-order valence-corrected chi connectivity index (χ4v) is 3.84. The van der Waals surface area contributed by atoms with E-state index in [1.807, 2.05) is 0 Å². The van der Waals surface area contributed by atoms with Gasteiger partial charge in [-0.1, -0.05) is 11.8 Å². The largest absolute Gasteiger partial charge is 0.444 e. The highest BCUT2D eigenvalue weighted by Gasteiger charge is 2.28. The molecule has 0 saturated heterocycles. The van der Waals surface area contributed by atoms with Gasteiger partial charge in [0, 0.05) is 38.3 Å². The number of primary amides is 1. The van der Waals surface area contributed by atoms with Crippen LogP contribution in [0.4, 0.5) is 9.59 Å². The molecular weight excluding hydrogens is 532 g/mol. The lowest BCUT2D eigenvalue weighted by Crippen LogP contribution is -2.47. The van der Waals surface area contributed by atoms with Crippen molar-refractivity contribution in [3.63, 3.8) is 0 Å². The molecule has 0 saturated carbocycles. The Morgan fingerprint density at radius 3 is 2.15 bits per heavy atom. The number of imidazole rings is 1. The van der Waals surface area contributed by atoms with Crippen molar-refractivity contribution in [3.05, 3.63) is 18.2 Å². The third kappa shape index (κ3) is 13.7. The summed E-state index contributed by atoms with van der Waals surface area (Å²) < 4.78 is 11.6.